The second-order valence-electron chi connectivity index (χ2n) is 3.56. The number of rotatable bonds is 1. The van der Waals surface area contributed by atoms with Crippen LogP contribution in [-0.4, -0.2) is 0 Å². The molecule has 2 rings (SSSR count). The van der Waals surface area contributed by atoms with Crippen molar-refractivity contribution in [2.24, 2.45) is 0 Å². The van der Waals surface area contributed by atoms with Crippen molar-refractivity contribution in [1.82, 2.24) is 0 Å². The molecular formula is C12H13NS. The minimum atomic E-state index is 0.876. The van der Waals surface area contributed by atoms with E-state index < -0.39 is 0 Å². The highest BCUT2D eigenvalue weighted by Gasteiger charge is 2.03. The molecule has 2 heteroatoms. The smallest absolute Gasteiger partial charge is 0.0862 e. The lowest BCUT2D eigenvalue weighted by atomic mass is 10.0. The fraction of sp³-hybridized carbons (Fsp3) is 0.167. The first kappa shape index (κ1) is 9.28. The van der Waals surface area contributed by atoms with E-state index in [1.54, 1.807) is 11.3 Å². The number of aryl methyl sites for hydroxylation is 2. The molecule has 0 amide bonds. The molecule has 0 saturated carbocycles. The quantitative estimate of drug-likeness (QED) is 0.752. The molecule has 0 aliphatic rings. The highest BCUT2D eigenvalue weighted by Crippen LogP contribution is 2.29. The molecular weight excluding hydrogens is 190 g/mol. The molecule has 0 saturated heterocycles. The third-order valence-corrected chi connectivity index (χ3v) is 3.09. The highest BCUT2D eigenvalue weighted by atomic mass is 32.1. The summed E-state index contributed by atoms with van der Waals surface area (Å²) >= 11 is 1.59. The number of nitrogen functional groups attached to an aromatic ring is 1. The van der Waals surface area contributed by atoms with E-state index in [9.17, 15) is 0 Å². The summed E-state index contributed by atoms with van der Waals surface area (Å²) in [6.07, 6.45) is 0. The lowest BCUT2D eigenvalue weighted by molar-refractivity contribution is 1.40. The predicted molar refractivity (Wildman–Crippen MR) is 63.6 cm³/mol. The number of hydrogen-bond donors (Lipinski definition) is 1. The van der Waals surface area contributed by atoms with Gasteiger partial charge in [-0.3, -0.25) is 0 Å². The van der Waals surface area contributed by atoms with Gasteiger partial charge in [-0.2, -0.15) is 0 Å². The second kappa shape index (κ2) is 3.46. The molecule has 0 unspecified atom stereocenters. The standard InChI is InChI=1S/C12H13NS/c1-8-3-4-9(2)11(5-8)10-6-12(13)14-7-10/h3-7H,13H2,1-2H3. The Kier molecular flexibility index (Phi) is 2.30. The number of anilines is 1. The van der Waals surface area contributed by atoms with Gasteiger partial charge in [-0.15, -0.1) is 11.3 Å². The summed E-state index contributed by atoms with van der Waals surface area (Å²) in [6, 6.07) is 8.52. The van der Waals surface area contributed by atoms with Crippen molar-refractivity contribution < 1.29 is 0 Å². The number of hydrogen-bond acceptors (Lipinski definition) is 2. The Labute approximate surface area is 88.2 Å². The monoisotopic (exact) mass is 203 g/mol. The summed E-state index contributed by atoms with van der Waals surface area (Å²) in [5, 5.41) is 2.98. The molecule has 0 bridgehead atoms. The normalized spacial score (nSPS) is 10.4. The Bertz CT molecular complexity index is 457. The zero-order valence-electron chi connectivity index (χ0n) is 8.37. The lowest BCUT2D eigenvalue weighted by Gasteiger charge is -2.04. The van der Waals surface area contributed by atoms with Crippen molar-refractivity contribution in [3.8, 4) is 11.1 Å². The van der Waals surface area contributed by atoms with Crippen LogP contribution in [0.4, 0.5) is 5.00 Å². The van der Waals surface area contributed by atoms with Crippen LogP contribution >= 0.6 is 11.3 Å². The molecule has 2 aromatic rings. The van der Waals surface area contributed by atoms with Gasteiger partial charge >= 0.3 is 0 Å². The molecule has 14 heavy (non-hydrogen) atoms. The van der Waals surface area contributed by atoms with Crippen molar-refractivity contribution >= 4 is 16.3 Å². The third kappa shape index (κ3) is 1.66. The minimum absolute atomic E-state index is 0.876. The van der Waals surface area contributed by atoms with Crippen molar-refractivity contribution in [2.45, 2.75) is 13.8 Å². The Morgan fingerprint density at radius 3 is 2.57 bits per heavy atom. The van der Waals surface area contributed by atoms with E-state index in [1.807, 2.05) is 6.07 Å². The Balaban J connectivity index is 2.55. The molecule has 0 spiro atoms. The molecule has 0 fully saturated rings. The molecule has 1 heterocycles. The Hall–Kier alpha value is -1.28. The molecule has 0 atom stereocenters. The van der Waals surface area contributed by atoms with E-state index >= 15 is 0 Å². The highest BCUT2D eigenvalue weighted by molar-refractivity contribution is 7.14. The molecule has 0 aliphatic heterocycles. The maximum Gasteiger partial charge on any atom is 0.0862 e. The zero-order valence-corrected chi connectivity index (χ0v) is 9.19. The van der Waals surface area contributed by atoms with Crippen LogP contribution in [0.25, 0.3) is 11.1 Å². The van der Waals surface area contributed by atoms with Crippen LogP contribution in [0.15, 0.2) is 29.6 Å². The average molecular weight is 203 g/mol. The van der Waals surface area contributed by atoms with Gasteiger partial charge in [-0.1, -0.05) is 23.8 Å². The van der Waals surface area contributed by atoms with Gasteiger partial charge in [-0.05, 0) is 36.6 Å². The molecule has 2 N–H and O–H groups in total. The fourth-order valence-corrected chi connectivity index (χ4v) is 2.19. The van der Waals surface area contributed by atoms with Crippen molar-refractivity contribution in [2.75, 3.05) is 5.73 Å². The Morgan fingerprint density at radius 2 is 1.93 bits per heavy atom. The summed E-state index contributed by atoms with van der Waals surface area (Å²) in [4.78, 5) is 0. The fourth-order valence-electron chi connectivity index (χ4n) is 1.54. The van der Waals surface area contributed by atoms with Gasteiger partial charge in [0.1, 0.15) is 0 Å². The minimum Gasteiger partial charge on any atom is -0.391 e. The topological polar surface area (TPSA) is 26.0 Å². The number of thiophene rings is 1. The summed E-state index contributed by atoms with van der Waals surface area (Å²) in [5.74, 6) is 0. The molecule has 1 nitrogen and oxygen atoms in total. The molecule has 1 aromatic heterocycles. The van der Waals surface area contributed by atoms with E-state index in [1.165, 1.54) is 22.3 Å². The summed E-state index contributed by atoms with van der Waals surface area (Å²) in [6.45, 7) is 4.24. The zero-order chi connectivity index (χ0) is 10.1. The van der Waals surface area contributed by atoms with Gasteiger partial charge in [0.25, 0.3) is 0 Å². The van der Waals surface area contributed by atoms with Crippen molar-refractivity contribution in [1.29, 1.82) is 0 Å². The first-order chi connectivity index (χ1) is 6.66. The van der Waals surface area contributed by atoms with Gasteiger partial charge < -0.3 is 5.73 Å². The molecule has 0 radical (unpaired) electrons. The van der Waals surface area contributed by atoms with Crippen LogP contribution in [0.2, 0.25) is 0 Å². The average Bonchev–Trinajstić information content (AvgIpc) is 2.56. The maximum absolute atomic E-state index is 5.72. The maximum atomic E-state index is 5.72. The van der Waals surface area contributed by atoms with Gasteiger partial charge in [0.2, 0.25) is 0 Å². The van der Waals surface area contributed by atoms with E-state index in [2.05, 4.69) is 37.4 Å². The van der Waals surface area contributed by atoms with Crippen LogP contribution in [0.3, 0.4) is 0 Å². The van der Waals surface area contributed by atoms with E-state index in [0.29, 0.717) is 0 Å². The first-order valence-corrected chi connectivity index (χ1v) is 5.46. The number of benzene rings is 1. The van der Waals surface area contributed by atoms with Crippen LogP contribution in [0, 0.1) is 13.8 Å². The van der Waals surface area contributed by atoms with Crippen molar-refractivity contribution in [3.05, 3.63) is 40.8 Å². The third-order valence-electron chi connectivity index (χ3n) is 2.32. The van der Waals surface area contributed by atoms with Crippen LogP contribution in [-0.2, 0) is 0 Å². The summed E-state index contributed by atoms with van der Waals surface area (Å²) in [5.41, 5.74) is 10.8. The van der Waals surface area contributed by atoms with Crippen LogP contribution in [0.1, 0.15) is 11.1 Å². The molecule has 0 aliphatic carbocycles. The first-order valence-electron chi connectivity index (χ1n) is 4.58. The van der Waals surface area contributed by atoms with Crippen LogP contribution < -0.4 is 5.73 Å². The molecule has 72 valence electrons. The van der Waals surface area contributed by atoms with E-state index in [0.717, 1.165) is 5.00 Å². The summed E-state index contributed by atoms with van der Waals surface area (Å²) < 4.78 is 0. The SMILES string of the molecule is Cc1ccc(C)c(-c2csc(N)c2)c1. The summed E-state index contributed by atoms with van der Waals surface area (Å²) in [7, 11) is 0. The van der Waals surface area contributed by atoms with Gasteiger partial charge in [-0.25, -0.2) is 0 Å². The molecule has 1 aromatic carbocycles. The van der Waals surface area contributed by atoms with Crippen LogP contribution in [0.5, 0.6) is 0 Å². The van der Waals surface area contributed by atoms with Crippen molar-refractivity contribution in [3.63, 3.8) is 0 Å². The Morgan fingerprint density at radius 1 is 1.14 bits per heavy atom. The van der Waals surface area contributed by atoms with Gasteiger partial charge in [0.15, 0.2) is 0 Å². The van der Waals surface area contributed by atoms with Gasteiger partial charge in [0, 0.05) is 5.38 Å². The van der Waals surface area contributed by atoms with Gasteiger partial charge in [0.05, 0.1) is 5.00 Å². The van der Waals surface area contributed by atoms with E-state index in [-0.39, 0.29) is 0 Å². The van der Waals surface area contributed by atoms with E-state index in [4.69, 9.17) is 5.73 Å². The number of nitrogens with two attached hydrogens (primary N) is 1. The lowest BCUT2D eigenvalue weighted by Crippen LogP contribution is -1.83. The second-order valence-corrected chi connectivity index (χ2v) is 4.50. The largest absolute Gasteiger partial charge is 0.391 e. The predicted octanol–water partition coefficient (Wildman–Crippen LogP) is 3.61.